The molecule has 1 fully saturated rings. The number of amides is 1. The van der Waals surface area contributed by atoms with Gasteiger partial charge in [-0.3, -0.25) is 9.20 Å². The molecule has 0 spiro atoms. The maximum atomic E-state index is 13.4. The minimum atomic E-state index is -0.421. The molecular formula is C21H21FN6O. The van der Waals surface area contributed by atoms with Gasteiger partial charge in [0.2, 0.25) is 5.91 Å². The molecule has 0 atom stereocenters. The van der Waals surface area contributed by atoms with Crippen LogP contribution in [0.3, 0.4) is 0 Å². The van der Waals surface area contributed by atoms with E-state index in [1.54, 1.807) is 6.07 Å². The lowest BCUT2D eigenvalue weighted by molar-refractivity contribution is -0.125. The normalized spacial score (nSPS) is 14.7. The molecule has 1 aliphatic rings. The number of carbonyl (C=O) groups excluding carboxylic acids is 1. The average Bonchev–Trinajstić information content (AvgIpc) is 3.14. The van der Waals surface area contributed by atoms with Crippen LogP contribution >= 0.6 is 0 Å². The highest BCUT2D eigenvalue weighted by Crippen LogP contribution is 2.27. The Morgan fingerprint density at radius 3 is 2.83 bits per heavy atom. The van der Waals surface area contributed by atoms with Crippen molar-refractivity contribution in [1.82, 2.24) is 19.9 Å². The third-order valence-corrected chi connectivity index (χ3v) is 5.33. The Kier molecular flexibility index (Phi) is 5.12. The van der Waals surface area contributed by atoms with Crippen molar-refractivity contribution < 1.29 is 9.18 Å². The highest BCUT2D eigenvalue weighted by atomic mass is 19.1. The molecule has 3 aromatic rings. The molecule has 0 bridgehead atoms. The number of pyridine rings is 1. The van der Waals surface area contributed by atoms with E-state index in [9.17, 15) is 14.4 Å². The van der Waals surface area contributed by atoms with E-state index in [4.69, 9.17) is 0 Å². The van der Waals surface area contributed by atoms with E-state index in [2.05, 4.69) is 15.5 Å². The first kappa shape index (κ1) is 18.9. The molecule has 0 unspecified atom stereocenters. The summed E-state index contributed by atoms with van der Waals surface area (Å²) in [6, 6.07) is 10.2. The molecule has 1 amide bonds. The van der Waals surface area contributed by atoms with Gasteiger partial charge in [-0.25, -0.2) is 4.39 Å². The molecule has 1 saturated heterocycles. The van der Waals surface area contributed by atoms with Gasteiger partial charge in [0.1, 0.15) is 11.9 Å². The molecule has 4 rings (SSSR count). The van der Waals surface area contributed by atoms with Gasteiger partial charge in [0.15, 0.2) is 11.5 Å². The van der Waals surface area contributed by atoms with Crippen molar-refractivity contribution in [3.63, 3.8) is 0 Å². The highest BCUT2D eigenvalue weighted by Gasteiger charge is 2.26. The molecule has 1 N–H and O–H groups in total. The first-order chi connectivity index (χ1) is 14.0. The van der Waals surface area contributed by atoms with E-state index in [0.717, 1.165) is 16.9 Å². The summed E-state index contributed by atoms with van der Waals surface area (Å²) < 4.78 is 15.2. The summed E-state index contributed by atoms with van der Waals surface area (Å²) >= 11 is 0. The van der Waals surface area contributed by atoms with Crippen LogP contribution in [0.25, 0.3) is 5.65 Å². The van der Waals surface area contributed by atoms with Crippen LogP contribution in [0.5, 0.6) is 0 Å². The van der Waals surface area contributed by atoms with E-state index < -0.39 is 5.82 Å². The molecule has 0 saturated carbocycles. The lowest BCUT2D eigenvalue weighted by Gasteiger charge is -2.33. The quantitative estimate of drug-likeness (QED) is 0.738. The third kappa shape index (κ3) is 3.90. The van der Waals surface area contributed by atoms with Crippen molar-refractivity contribution in [2.75, 3.05) is 18.0 Å². The fourth-order valence-electron chi connectivity index (χ4n) is 3.73. The van der Waals surface area contributed by atoms with Gasteiger partial charge >= 0.3 is 0 Å². The van der Waals surface area contributed by atoms with E-state index >= 15 is 0 Å². The van der Waals surface area contributed by atoms with E-state index in [1.807, 2.05) is 40.6 Å². The smallest absolute Gasteiger partial charge is 0.223 e. The number of hydrogen-bond acceptors (Lipinski definition) is 5. The number of benzene rings is 1. The zero-order valence-corrected chi connectivity index (χ0v) is 16.1. The number of rotatable bonds is 4. The zero-order chi connectivity index (χ0) is 20.4. The van der Waals surface area contributed by atoms with Crippen LogP contribution in [0.1, 0.15) is 29.8 Å². The Bertz CT molecular complexity index is 1090. The molecule has 1 aliphatic heterocycles. The molecule has 7 nitrogen and oxygen atoms in total. The molecule has 2 aromatic heterocycles. The summed E-state index contributed by atoms with van der Waals surface area (Å²) in [7, 11) is 0. The number of fused-ring (bicyclic) bond motifs is 1. The predicted molar refractivity (Wildman–Crippen MR) is 106 cm³/mol. The van der Waals surface area contributed by atoms with Gasteiger partial charge in [0.05, 0.1) is 17.8 Å². The number of aryl methyl sites for hydroxylation is 1. The summed E-state index contributed by atoms with van der Waals surface area (Å²) in [5, 5.41) is 20.5. The van der Waals surface area contributed by atoms with Crippen LogP contribution in [0, 0.1) is 30.0 Å². The number of nitrogens with one attached hydrogen (secondary N) is 1. The molecule has 0 aliphatic carbocycles. The number of hydrogen-bond donors (Lipinski definition) is 1. The molecule has 0 radical (unpaired) electrons. The molecule has 3 heterocycles. The number of carbonyl (C=O) groups is 1. The van der Waals surface area contributed by atoms with E-state index in [1.165, 1.54) is 12.1 Å². The minimum absolute atomic E-state index is 0.00586. The first-order valence-electron chi connectivity index (χ1n) is 9.58. The third-order valence-electron chi connectivity index (χ3n) is 5.33. The van der Waals surface area contributed by atoms with Crippen molar-refractivity contribution in [2.45, 2.75) is 26.3 Å². The summed E-state index contributed by atoms with van der Waals surface area (Å²) in [5.74, 6) is 0.169. The summed E-state index contributed by atoms with van der Waals surface area (Å²) in [5.41, 5.74) is 2.88. The van der Waals surface area contributed by atoms with E-state index in [0.29, 0.717) is 43.9 Å². The van der Waals surface area contributed by atoms with Crippen molar-refractivity contribution in [3.8, 4) is 6.07 Å². The van der Waals surface area contributed by atoms with Crippen molar-refractivity contribution in [3.05, 3.63) is 59.3 Å². The highest BCUT2D eigenvalue weighted by molar-refractivity contribution is 5.79. The lowest BCUT2D eigenvalue weighted by Crippen LogP contribution is -2.40. The van der Waals surface area contributed by atoms with Crippen LogP contribution in [-0.2, 0) is 11.3 Å². The molecule has 1 aromatic carbocycles. The Morgan fingerprint density at radius 1 is 1.28 bits per heavy atom. The standard InChI is InChI=1S/C21H21FN6O/c1-14-2-5-19-25-26-20(28(19)13-14)12-24-21(29)15-6-8-27(9-7-15)18-4-3-17(22)10-16(18)11-23/h2-5,10,13,15H,6-9,12H2,1H3,(H,24,29). The topological polar surface area (TPSA) is 86.3 Å². The largest absolute Gasteiger partial charge is 0.370 e. The summed E-state index contributed by atoms with van der Waals surface area (Å²) in [6.07, 6.45) is 3.30. The van der Waals surface area contributed by atoms with Gasteiger partial charge in [-0.05, 0) is 49.6 Å². The van der Waals surface area contributed by atoms with Gasteiger partial charge in [0, 0.05) is 25.2 Å². The second-order valence-electron chi connectivity index (χ2n) is 7.30. The second kappa shape index (κ2) is 7.87. The number of halogens is 1. The number of piperidine rings is 1. The fraction of sp³-hybridized carbons (Fsp3) is 0.333. The second-order valence-corrected chi connectivity index (χ2v) is 7.30. The van der Waals surface area contributed by atoms with Crippen LogP contribution in [0.2, 0.25) is 0 Å². The van der Waals surface area contributed by atoms with E-state index in [-0.39, 0.29) is 11.8 Å². The van der Waals surface area contributed by atoms with Crippen molar-refractivity contribution >= 4 is 17.2 Å². The summed E-state index contributed by atoms with van der Waals surface area (Å²) in [4.78, 5) is 14.7. The lowest BCUT2D eigenvalue weighted by atomic mass is 9.95. The SMILES string of the molecule is Cc1ccc2nnc(CNC(=O)C3CCN(c4ccc(F)cc4C#N)CC3)n2c1. The van der Waals surface area contributed by atoms with Gasteiger partial charge < -0.3 is 10.2 Å². The molecule has 8 heteroatoms. The van der Waals surface area contributed by atoms with Gasteiger partial charge in [-0.1, -0.05) is 6.07 Å². The maximum absolute atomic E-state index is 13.4. The fourth-order valence-corrected chi connectivity index (χ4v) is 3.73. The number of anilines is 1. The molecular weight excluding hydrogens is 371 g/mol. The predicted octanol–water partition coefficient (Wildman–Crippen LogP) is 2.58. The van der Waals surface area contributed by atoms with Crippen LogP contribution in [0.15, 0.2) is 36.5 Å². The molecule has 29 heavy (non-hydrogen) atoms. The Hall–Kier alpha value is -3.47. The molecule has 148 valence electrons. The van der Waals surface area contributed by atoms with Gasteiger partial charge in [-0.15, -0.1) is 10.2 Å². The maximum Gasteiger partial charge on any atom is 0.223 e. The Morgan fingerprint density at radius 2 is 2.07 bits per heavy atom. The van der Waals surface area contributed by atoms with Crippen LogP contribution in [0.4, 0.5) is 10.1 Å². The Balaban J connectivity index is 1.36. The monoisotopic (exact) mass is 392 g/mol. The van der Waals surface area contributed by atoms with Crippen molar-refractivity contribution in [2.24, 2.45) is 5.92 Å². The average molecular weight is 392 g/mol. The van der Waals surface area contributed by atoms with Gasteiger partial charge in [-0.2, -0.15) is 5.26 Å². The minimum Gasteiger partial charge on any atom is -0.370 e. The number of nitrogens with zero attached hydrogens (tertiary/aromatic N) is 5. The van der Waals surface area contributed by atoms with Crippen LogP contribution in [-0.4, -0.2) is 33.6 Å². The van der Waals surface area contributed by atoms with Crippen LogP contribution < -0.4 is 10.2 Å². The first-order valence-corrected chi connectivity index (χ1v) is 9.58. The summed E-state index contributed by atoms with van der Waals surface area (Å²) in [6.45, 7) is 3.60. The van der Waals surface area contributed by atoms with Gasteiger partial charge in [0.25, 0.3) is 0 Å². The van der Waals surface area contributed by atoms with Crippen molar-refractivity contribution in [1.29, 1.82) is 5.26 Å². The number of aromatic nitrogens is 3. The number of nitriles is 1. The Labute approximate surface area is 167 Å². The zero-order valence-electron chi connectivity index (χ0n) is 16.1.